The van der Waals surface area contributed by atoms with Crippen molar-refractivity contribution in [1.82, 2.24) is 3.97 Å². The highest BCUT2D eigenvalue weighted by Crippen LogP contribution is 2.34. The molecule has 0 aliphatic carbocycles. The minimum atomic E-state index is -3.84. The third-order valence-electron chi connectivity index (χ3n) is 5.01. The zero-order chi connectivity index (χ0) is 20.6. The summed E-state index contributed by atoms with van der Waals surface area (Å²) in [4.78, 5) is 0.214. The minimum absolute atomic E-state index is 0.214. The lowest BCUT2D eigenvalue weighted by Gasteiger charge is -2.19. The summed E-state index contributed by atoms with van der Waals surface area (Å²) in [5, 5.41) is 0.809. The Kier molecular flexibility index (Phi) is 4.90. The smallest absolute Gasteiger partial charge is 0.268 e. The van der Waals surface area contributed by atoms with Crippen molar-refractivity contribution in [1.29, 1.82) is 0 Å². The fourth-order valence-electron chi connectivity index (χ4n) is 3.59. The fraction of sp³-hybridized carbons (Fsp3) is 0.130. The first-order valence-corrected chi connectivity index (χ1v) is 10.7. The van der Waals surface area contributed by atoms with Gasteiger partial charge in [-0.05, 0) is 37.3 Å². The van der Waals surface area contributed by atoms with Gasteiger partial charge in [-0.3, -0.25) is 0 Å². The predicted molar refractivity (Wildman–Crippen MR) is 115 cm³/mol. The lowest BCUT2D eigenvalue weighted by molar-refractivity contribution is 0.407. The topological polar surface area (TPSA) is 74.3 Å². The molecular weight excluding hydrogens is 384 g/mol. The van der Waals surface area contributed by atoms with E-state index in [2.05, 4.69) is 0 Å². The van der Waals surface area contributed by atoms with Crippen LogP contribution in [0.5, 0.6) is 5.75 Å². The van der Waals surface area contributed by atoms with Gasteiger partial charge in [0.2, 0.25) is 0 Å². The van der Waals surface area contributed by atoms with Crippen LogP contribution in [0.2, 0.25) is 0 Å². The van der Waals surface area contributed by atoms with Crippen LogP contribution in [-0.4, -0.2) is 19.5 Å². The quantitative estimate of drug-likeness (QED) is 0.538. The number of hydrogen-bond acceptors (Lipinski definition) is 4. The Balaban J connectivity index is 2.00. The first-order chi connectivity index (χ1) is 13.9. The average molecular weight is 407 g/mol. The van der Waals surface area contributed by atoms with E-state index in [0.717, 1.165) is 16.5 Å². The summed E-state index contributed by atoms with van der Waals surface area (Å²) in [5.41, 5.74) is 9.47. The number of nitrogens with zero attached hydrogens (tertiary/aromatic N) is 1. The number of benzene rings is 3. The number of ether oxygens (including phenoxy) is 1. The summed E-state index contributed by atoms with van der Waals surface area (Å²) in [6.45, 7) is 1.96. The fourth-order valence-corrected chi connectivity index (χ4v) is 5.17. The van der Waals surface area contributed by atoms with Crippen molar-refractivity contribution >= 4 is 20.9 Å². The summed E-state index contributed by atoms with van der Waals surface area (Å²) in [6.07, 6.45) is 0. The number of methoxy groups -OCH3 is 1. The highest BCUT2D eigenvalue weighted by atomic mass is 32.2. The first-order valence-electron chi connectivity index (χ1n) is 9.24. The molecule has 4 rings (SSSR count). The second-order valence-corrected chi connectivity index (χ2v) is 8.72. The van der Waals surface area contributed by atoms with E-state index in [9.17, 15) is 8.42 Å². The van der Waals surface area contributed by atoms with Gasteiger partial charge in [0.1, 0.15) is 5.75 Å². The summed E-state index contributed by atoms with van der Waals surface area (Å²) in [7, 11) is -2.26. The molecule has 0 radical (unpaired) electrons. The number of rotatable bonds is 5. The van der Waals surface area contributed by atoms with E-state index in [0.29, 0.717) is 17.0 Å². The molecule has 0 aliphatic heterocycles. The molecule has 0 amide bonds. The van der Waals surface area contributed by atoms with Crippen LogP contribution in [-0.2, 0) is 10.0 Å². The Morgan fingerprint density at radius 2 is 1.62 bits per heavy atom. The van der Waals surface area contributed by atoms with Gasteiger partial charge >= 0.3 is 0 Å². The van der Waals surface area contributed by atoms with E-state index in [-0.39, 0.29) is 4.90 Å². The molecule has 6 heteroatoms. The van der Waals surface area contributed by atoms with Crippen molar-refractivity contribution in [2.24, 2.45) is 5.73 Å². The van der Waals surface area contributed by atoms with Crippen LogP contribution in [0.4, 0.5) is 0 Å². The van der Waals surface area contributed by atoms with E-state index < -0.39 is 16.1 Å². The molecule has 3 aromatic carbocycles. The van der Waals surface area contributed by atoms with Crippen molar-refractivity contribution in [3.8, 4) is 5.75 Å². The number of nitrogens with two attached hydrogens (primary N) is 1. The van der Waals surface area contributed by atoms with Gasteiger partial charge in [-0.15, -0.1) is 0 Å². The molecule has 0 saturated carbocycles. The molecule has 29 heavy (non-hydrogen) atoms. The normalized spacial score (nSPS) is 12.8. The Hall–Kier alpha value is -3.09. The molecule has 0 spiro atoms. The third kappa shape index (κ3) is 3.30. The maximum absolute atomic E-state index is 13.6. The number of para-hydroxylation sites is 1. The van der Waals surface area contributed by atoms with Crippen molar-refractivity contribution < 1.29 is 13.2 Å². The Morgan fingerprint density at radius 1 is 0.931 bits per heavy atom. The number of aromatic nitrogens is 1. The second kappa shape index (κ2) is 7.39. The lowest BCUT2D eigenvalue weighted by atomic mass is 10.0. The van der Waals surface area contributed by atoms with Crippen LogP contribution in [0.25, 0.3) is 10.9 Å². The average Bonchev–Trinajstić information content (AvgIpc) is 3.14. The zero-order valence-electron chi connectivity index (χ0n) is 16.2. The zero-order valence-corrected chi connectivity index (χ0v) is 17.1. The molecule has 0 unspecified atom stereocenters. The van der Waals surface area contributed by atoms with E-state index in [1.54, 1.807) is 43.5 Å². The Labute approximate surface area is 170 Å². The van der Waals surface area contributed by atoms with Gasteiger partial charge in [0, 0.05) is 10.9 Å². The number of aryl methyl sites for hydroxylation is 1. The molecule has 0 fully saturated rings. The van der Waals surface area contributed by atoms with Crippen LogP contribution in [0, 0.1) is 6.92 Å². The van der Waals surface area contributed by atoms with E-state index in [1.165, 1.54) is 3.97 Å². The molecule has 2 N–H and O–H groups in total. The molecular formula is C23H22N2O3S. The van der Waals surface area contributed by atoms with Crippen LogP contribution in [0.15, 0.2) is 83.8 Å². The van der Waals surface area contributed by atoms with Crippen molar-refractivity contribution in [2.75, 3.05) is 7.11 Å². The molecule has 0 saturated heterocycles. The van der Waals surface area contributed by atoms with Crippen LogP contribution in [0.3, 0.4) is 0 Å². The summed E-state index contributed by atoms with van der Waals surface area (Å²) >= 11 is 0. The molecule has 148 valence electrons. The Bertz CT molecular complexity index is 1280. The summed E-state index contributed by atoms with van der Waals surface area (Å²) in [5.74, 6) is 0.622. The molecule has 0 bridgehead atoms. The maximum Gasteiger partial charge on any atom is 0.268 e. The molecule has 1 atom stereocenters. The molecule has 1 heterocycles. The number of hydrogen-bond donors (Lipinski definition) is 1. The second-order valence-electron chi connectivity index (χ2n) is 6.93. The lowest BCUT2D eigenvalue weighted by Crippen LogP contribution is -2.22. The van der Waals surface area contributed by atoms with Gasteiger partial charge in [0.05, 0.1) is 29.3 Å². The van der Waals surface area contributed by atoms with Gasteiger partial charge in [0.25, 0.3) is 10.0 Å². The summed E-state index contributed by atoms with van der Waals surface area (Å²) < 4.78 is 34.0. The monoisotopic (exact) mass is 406 g/mol. The highest BCUT2D eigenvalue weighted by molar-refractivity contribution is 7.90. The van der Waals surface area contributed by atoms with Crippen molar-refractivity contribution in [3.63, 3.8) is 0 Å². The van der Waals surface area contributed by atoms with Crippen LogP contribution in [0.1, 0.15) is 22.9 Å². The van der Waals surface area contributed by atoms with Gasteiger partial charge < -0.3 is 10.5 Å². The van der Waals surface area contributed by atoms with Gasteiger partial charge in [-0.2, -0.15) is 0 Å². The van der Waals surface area contributed by atoms with Gasteiger partial charge in [0.15, 0.2) is 0 Å². The van der Waals surface area contributed by atoms with E-state index in [1.807, 2.05) is 49.4 Å². The largest absolute Gasteiger partial charge is 0.496 e. The standard InChI is InChI=1S/C23H22N2O3S/c1-16-12-13-22(28-2)19(14-16)23(24)21-15-17-8-6-7-11-20(17)25(21)29(26,27)18-9-4-3-5-10-18/h3-15,23H,24H2,1-2H3/t23-/m1/s1. The van der Waals surface area contributed by atoms with Crippen LogP contribution < -0.4 is 10.5 Å². The number of fused-ring (bicyclic) bond motifs is 1. The highest BCUT2D eigenvalue weighted by Gasteiger charge is 2.27. The molecule has 1 aromatic heterocycles. The van der Waals surface area contributed by atoms with Crippen LogP contribution >= 0.6 is 0 Å². The minimum Gasteiger partial charge on any atom is -0.496 e. The van der Waals surface area contributed by atoms with Crippen molar-refractivity contribution in [2.45, 2.75) is 17.9 Å². The summed E-state index contributed by atoms with van der Waals surface area (Å²) in [6, 6.07) is 22.6. The molecule has 5 nitrogen and oxygen atoms in total. The molecule has 0 aliphatic rings. The third-order valence-corrected chi connectivity index (χ3v) is 6.77. The van der Waals surface area contributed by atoms with Gasteiger partial charge in [-0.25, -0.2) is 12.4 Å². The maximum atomic E-state index is 13.6. The van der Waals surface area contributed by atoms with Crippen molar-refractivity contribution in [3.05, 3.63) is 95.7 Å². The van der Waals surface area contributed by atoms with E-state index in [4.69, 9.17) is 10.5 Å². The SMILES string of the molecule is COc1ccc(C)cc1[C@@H](N)c1cc2ccccc2n1S(=O)(=O)c1ccccc1. The van der Waals surface area contributed by atoms with E-state index >= 15 is 0 Å². The van der Waals surface area contributed by atoms with Gasteiger partial charge in [-0.1, -0.05) is 54.1 Å². The predicted octanol–water partition coefficient (Wildman–Crippen LogP) is 4.24. The molecule has 4 aromatic rings. The first kappa shape index (κ1) is 19.2. The Morgan fingerprint density at radius 3 is 2.34 bits per heavy atom.